The van der Waals surface area contributed by atoms with Crippen LogP contribution in [0.15, 0.2) is 80.9 Å². The third-order valence-corrected chi connectivity index (χ3v) is 11.4. The van der Waals surface area contributed by atoms with E-state index in [9.17, 15) is 8.42 Å². The molecule has 0 spiro atoms. The van der Waals surface area contributed by atoms with Crippen LogP contribution in [-0.2, 0) is 9.84 Å². The van der Waals surface area contributed by atoms with Gasteiger partial charge in [-0.25, -0.2) is 13.4 Å². The molecule has 1 aromatic heterocycles. The molecule has 5 nitrogen and oxygen atoms in total. The number of halogens is 6. The van der Waals surface area contributed by atoms with Crippen LogP contribution in [0.25, 0.3) is 10.2 Å². The number of sulfone groups is 1. The summed E-state index contributed by atoms with van der Waals surface area (Å²) in [6.45, 7) is 14.6. The molecule has 0 bridgehead atoms. The highest BCUT2D eigenvalue weighted by Crippen LogP contribution is 2.42. The van der Waals surface area contributed by atoms with E-state index < -0.39 is 9.84 Å². The summed E-state index contributed by atoms with van der Waals surface area (Å²) < 4.78 is 25.1. The van der Waals surface area contributed by atoms with Gasteiger partial charge in [-0.15, -0.1) is 11.3 Å². The number of rotatable bonds is 5. The van der Waals surface area contributed by atoms with Gasteiger partial charge in [0.2, 0.25) is 0 Å². The van der Waals surface area contributed by atoms with Crippen LogP contribution >= 0.6 is 92.7 Å². The molecule has 0 fully saturated rings. The van der Waals surface area contributed by atoms with Gasteiger partial charge >= 0.3 is 0 Å². The topological polar surface area (TPSA) is 71.1 Å². The lowest BCUT2D eigenvalue weighted by Crippen LogP contribution is -2.26. The average molecular weight is 841 g/mol. The Morgan fingerprint density at radius 2 is 1.31 bits per heavy atom. The first-order valence-electron chi connectivity index (χ1n) is 14.7. The van der Waals surface area contributed by atoms with Crippen LogP contribution in [0.1, 0.15) is 47.1 Å². The summed E-state index contributed by atoms with van der Waals surface area (Å²) in [7, 11) is -3.35. The Balaban J connectivity index is 0.000000215. The maximum Gasteiger partial charge on any atom is 0.175 e. The molecule has 5 rings (SSSR count). The maximum atomic E-state index is 11.6. The molecule has 0 saturated carbocycles. The summed E-state index contributed by atoms with van der Waals surface area (Å²) in [5.41, 5.74) is 4.05. The first-order valence-corrected chi connectivity index (χ1v) is 20.5. The van der Waals surface area contributed by atoms with E-state index in [-0.39, 0.29) is 16.0 Å². The second kappa shape index (κ2) is 17.3. The highest BCUT2D eigenvalue weighted by atomic mass is 35.5. The van der Waals surface area contributed by atoms with E-state index in [4.69, 9.17) is 69.6 Å². The summed E-state index contributed by atoms with van der Waals surface area (Å²) in [6.07, 6.45) is 1.12. The SMILES string of the molecule is CC(C)(C)Nc1ccc(Cl)c(Cl)c1.CC(C)(C)Nc1ccc(Cl)cc1Cl.Cc1ccc2nc(Sc3c(Cl)cc(S(C)(=O)=O)cc3Cl)sc2c1. The van der Waals surface area contributed by atoms with Crippen LogP contribution in [0.4, 0.5) is 11.4 Å². The number of fused-ring (bicyclic) bond motifs is 1. The molecular formula is C35H37Cl6N3O2S3. The van der Waals surface area contributed by atoms with Crippen molar-refractivity contribution in [2.24, 2.45) is 0 Å². The second-order valence-corrected chi connectivity index (χ2v) is 19.8. The lowest BCUT2D eigenvalue weighted by atomic mass is 10.1. The van der Waals surface area contributed by atoms with Crippen molar-refractivity contribution in [3.05, 3.63) is 102 Å². The van der Waals surface area contributed by atoms with Crippen LogP contribution in [0, 0.1) is 6.92 Å². The average Bonchev–Trinajstić information content (AvgIpc) is 3.35. The van der Waals surface area contributed by atoms with E-state index >= 15 is 0 Å². The predicted octanol–water partition coefficient (Wildman–Crippen LogP) is 13.9. The molecule has 0 atom stereocenters. The number of aromatic nitrogens is 1. The van der Waals surface area contributed by atoms with Gasteiger partial charge in [0.15, 0.2) is 14.2 Å². The fraction of sp³-hybridized carbons (Fsp3) is 0.286. The van der Waals surface area contributed by atoms with E-state index in [0.717, 1.165) is 32.2 Å². The molecule has 0 aliphatic carbocycles. The Bertz CT molecular complexity index is 2020. The zero-order valence-electron chi connectivity index (χ0n) is 28.1. The van der Waals surface area contributed by atoms with Crippen molar-refractivity contribution in [1.82, 2.24) is 4.98 Å². The van der Waals surface area contributed by atoms with Gasteiger partial charge in [-0.1, -0.05) is 87.4 Å². The van der Waals surface area contributed by atoms with Crippen molar-refractivity contribution in [3.8, 4) is 0 Å². The van der Waals surface area contributed by atoms with Gasteiger partial charge in [-0.3, -0.25) is 0 Å². The van der Waals surface area contributed by atoms with Gasteiger partial charge in [0, 0.05) is 28.0 Å². The molecule has 14 heteroatoms. The molecular weight excluding hydrogens is 803 g/mol. The summed E-state index contributed by atoms with van der Waals surface area (Å²) in [4.78, 5) is 5.26. The first-order chi connectivity index (χ1) is 22.5. The minimum absolute atomic E-state index is 0.0114. The molecule has 4 aromatic carbocycles. The first kappa shape index (κ1) is 41.8. The quantitative estimate of drug-likeness (QED) is 0.184. The van der Waals surface area contributed by atoms with Gasteiger partial charge in [0.1, 0.15) is 0 Å². The Labute approximate surface area is 327 Å². The molecule has 5 aromatic rings. The Hall–Kier alpha value is -1.59. The molecule has 264 valence electrons. The smallest absolute Gasteiger partial charge is 0.175 e. The van der Waals surface area contributed by atoms with E-state index in [1.807, 2.05) is 43.3 Å². The van der Waals surface area contributed by atoms with Crippen molar-refractivity contribution in [1.29, 1.82) is 0 Å². The highest BCUT2D eigenvalue weighted by Gasteiger charge is 2.17. The van der Waals surface area contributed by atoms with Crippen molar-refractivity contribution >= 4 is 124 Å². The number of thiazole rings is 1. The number of aryl methyl sites for hydroxylation is 1. The summed E-state index contributed by atoms with van der Waals surface area (Å²) in [5.74, 6) is 0. The third kappa shape index (κ3) is 13.8. The number of benzene rings is 4. The predicted molar refractivity (Wildman–Crippen MR) is 218 cm³/mol. The standard InChI is InChI=1S/C15H11Cl2NO2S3.2C10H13Cl2N/c1-8-3-4-12-13(5-8)21-15(18-12)22-14-10(16)6-9(7-11(14)17)23(2,19)20;1-10(2,3)13-9-5-4-7(11)6-8(9)12;1-10(2,3)13-7-4-5-8(11)9(12)6-7/h3-7H,1-2H3;2*4-6,13H,1-3H3. The van der Waals surface area contributed by atoms with Crippen molar-refractivity contribution < 1.29 is 8.42 Å². The highest BCUT2D eigenvalue weighted by molar-refractivity contribution is 8.01. The molecule has 2 N–H and O–H groups in total. The number of hydrogen-bond donors (Lipinski definition) is 2. The van der Waals surface area contributed by atoms with Crippen molar-refractivity contribution in [2.75, 3.05) is 16.9 Å². The number of nitrogens with zero attached hydrogens (tertiary/aromatic N) is 1. The fourth-order valence-corrected chi connectivity index (χ4v) is 8.37. The molecule has 0 amide bonds. The summed E-state index contributed by atoms with van der Waals surface area (Å²) >= 11 is 38.8. The fourth-order valence-electron chi connectivity index (χ4n) is 3.99. The van der Waals surface area contributed by atoms with Gasteiger partial charge in [0.25, 0.3) is 0 Å². The Morgan fingerprint density at radius 1 is 0.694 bits per heavy atom. The van der Waals surface area contributed by atoms with Gasteiger partial charge < -0.3 is 10.6 Å². The van der Waals surface area contributed by atoms with E-state index in [0.29, 0.717) is 35.0 Å². The Morgan fingerprint density at radius 3 is 1.84 bits per heavy atom. The van der Waals surface area contributed by atoms with E-state index in [1.165, 1.54) is 29.5 Å². The Kier molecular flexibility index (Phi) is 14.8. The van der Waals surface area contributed by atoms with Crippen molar-refractivity contribution in [2.45, 2.75) is 73.7 Å². The maximum absolute atomic E-state index is 11.6. The van der Waals surface area contributed by atoms with Crippen molar-refractivity contribution in [3.63, 3.8) is 0 Å². The minimum atomic E-state index is -3.35. The summed E-state index contributed by atoms with van der Waals surface area (Å²) in [5, 5.41) is 9.68. The van der Waals surface area contributed by atoms with Crippen LogP contribution in [0.3, 0.4) is 0 Å². The van der Waals surface area contributed by atoms with Gasteiger partial charge in [0.05, 0.1) is 50.8 Å². The normalized spacial score (nSPS) is 11.7. The molecule has 1 heterocycles. The van der Waals surface area contributed by atoms with E-state index in [1.54, 1.807) is 23.5 Å². The minimum Gasteiger partial charge on any atom is -0.380 e. The molecule has 0 unspecified atom stereocenters. The van der Waals surface area contributed by atoms with Crippen LogP contribution in [-0.4, -0.2) is 30.7 Å². The molecule has 0 aliphatic rings. The lowest BCUT2D eigenvalue weighted by molar-refractivity contribution is 0.601. The van der Waals surface area contributed by atoms with E-state index in [2.05, 4.69) is 63.2 Å². The van der Waals surface area contributed by atoms with Crippen LogP contribution in [0.2, 0.25) is 30.1 Å². The molecule has 0 aliphatic heterocycles. The van der Waals surface area contributed by atoms with Crippen LogP contribution in [0.5, 0.6) is 0 Å². The zero-order chi connectivity index (χ0) is 36.9. The molecule has 49 heavy (non-hydrogen) atoms. The van der Waals surface area contributed by atoms with Gasteiger partial charge in [-0.2, -0.15) is 0 Å². The third-order valence-electron chi connectivity index (χ3n) is 5.99. The number of nitrogens with one attached hydrogen (secondary N) is 2. The number of anilines is 2. The monoisotopic (exact) mass is 837 g/mol. The van der Waals surface area contributed by atoms with Crippen LogP contribution < -0.4 is 10.6 Å². The molecule has 0 radical (unpaired) electrons. The largest absolute Gasteiger partial charge is 0.380 e. The van der Waals surface area contributed by atoms with Gasteiger partial charge in [-0.05, 0) is 115 Å². The lowest BCUT2D eigenvalue weighted by Gasteiger charge is -2.22. The second-order valence-electron chi connectivity index (χ2n) is 13.0. The molecule has 0 saturated heterocycles. The summed E-state index contributed by atoms with van der Waals surface area (Å²) in [6, 6.07) is 19.9. The number of hydrogen-bond acceptors (Lipinski definition) is 7. The zero-order valence-corrected chi connectivity index (χ0v) is 35.1.